The molecule has 1 atom stereocenters. The Hall–Kier alpha value is -2.11. The highest BCUT2D eigenvalue weighted by Gasteiger charge is 2.22. The first kappa shape index (κ1) is 18.7. The Bertz CT molecular complexity index is 767. The van der Waals surface area contributed by atoms with Gasteiger partial charge in [0, 0.05) is 38.0 Å². The van der Waals surface area contributed by atoms with Gasteiger partial charge in [-0.25, -0.2) is 4.39 Å². The number of nitrogens with zero attached hydrogens (tertiary/aromatic N) is 1. The van der Waals surface area contributed by atoms with Gasteiger partial charge in [-0.15, -0.1) is 0 Å². The average molecular weight is 377 g/mol. The summed E-state index contributed by atoms with van der Waals surface area (Å²) in [7, 11) is 1.74. The molecule has 1 saturated heterocycles. The number of amides is 1. The van der Waals surface area contributed by atoms with Gasteiger partial charge in [-0.05, 0) is 54.8 Å². The molecule has 138 valence electrons. The van der Waals surface area contributed by atoms with Crippen molar-refractivity contribution in [3.63, 3.8) is 0 Å². The quantitative estimate of drug-likeness (QED) is 0.818. The lowest BCUT2D eigenvalue weighted by molar-refractivity contribution is -0.116. The summed E-state index contributed by atoms with van der Waals surface area (Å²) in [6, 6.07) is 12.4. The summed E-state index contributed by atoms with van der Waals surface area (Å²) in [5.74, 6) is -0.563. The number of ether oxygens (including phenoxy) is 1. The normalized spacial score (nSPS) is 16.7. The average Bonchev–Trinajstić information content (AvgIpc) is 3.12. The Morgan fingerprint density at radius 3 is 2.73 bits per heavy atom. The molecule has 0 saturated carbocycles. The SMILES string of the molecule is CO[C@H]1CCN(c2ccc(NC(=O)CCc3ccc(Cl)c(F)c3)cc2)C1. The number of benzene rings is 2. The van der Waals surface area contributed by atoms with Crippen molar-refractivity contribution < 1.29 is 13.9 Å². The molecule has 0 aromatic heterocycles. The van der Waals surface area contributed by atoms with Gasteiger partial charge < -0.3 is 15.0 Å². The van der Waals surface area contributed by atoms with Gasteiger partial charge in [-0.2, -0.15) is 0 Å². The Balaban J connectivity index is 1.50. The predicted octanol–water partition coefficient (Wildman–Crippen LogP) is 4.28. The molecule has 1 amide bonds. The number of rotatable bonds is 6. The van der Waals surface area contributed by atoms with Crippen LogP contribution in [-0.4, -0.2) is 32.2 Å². The maximum absolute atomic E-state index is 13.4. The number of nitrogens with one attached hydrogen (secondary N) is 1. The van der Waals surface area contributed by atoms with Crippen LogP contribution in [0.15, 0.2) is 42.5 Å². The van der Waals surface area contributed by atoms with Crippen molar-refractivity contribution in [2.24, 2.45) is 0 Å². The first-order valence-corrected chi connectivity index (χ1v) is 9.04. The van der Waals surface area contributed by atoms with Crippen LogP contribution in [0, 0.1) is 5.82 Å². The lowest BCUT2D eigenvalue weighted by atomic mass is 10.1. The second-order valence-electron chi connectivity index (χ2n) is 6.44. The lowest BCUT2D eigenvalue weighted by Gasteiger charge is -2.18. The number of halogens is 2. The minimum Gasteiger partial charge on any atom is -0.380 e. The van der Waals surface area contributed by atoms with Crippen molar-refractivity contribution in [2.75, 3.05) is 30.4 Å². The fourth-order valence-corrected chi connectivity index (χ4v) is 3.20. The summed E-state index contributed by atoms with van der Waals surface area (Å²) in [5, 5.41) is 2.96. The summed E-state index contributed by atoms with van der Waals surface area (Å²) in [6.07, 6.45) is 2.06. The first-order valence-electron chi connectivity index (χ1n) is 8.67. The van der Waals surface area contributed by atoms with Crippen molar-refractivity contribution in [2.45, 2.75) is 25.4 Å². The Labute approximate surface area is 157 Å². The largest absolute Gasteiger partial charge is 0.380 e. The third-order valence-corrected chi connectivity index (χ3v) is 4.93. The van der Waals surface area contributed by atoms with Crippen LogP contribution >= 0.6 is 11.6 Å². The number of anilines is 2. The molecule has 1 aliphatic heterocycles. The summed E-state index contributed by atoms with van der Waals surface area (Å²) in [5.41, 5.74) is 2.63. The fraction of sp³-hybridized carbons (Fsp3) is 0.350. The van der Waals surface area contributed by atoms with Crippen LogP contribution in [-0.2, 0) is 16.0 Å². The van der Waals surface area contributed by atoms with E-state index in [0.29, 0.717) is 6.42 Å². The van der Waals surface area contributed by atoms with E-state index in [1.807, 2.05) is 24.3 Å². The molecule has 2 aromatic carbocycles. The second-order valence-corrected chi connectivity index (χ2v) is 6.84. The first-order chi connectivity index (χ1) is 12.5. The van der Waals surface area contributed by atoms with E-state index in [4.69, 9.17) is 16.3 Å². The maximum atomic E-state index is 13.4. The molecular weight excluding hydrogens is 355 g/mol. The fourth-order valence-electron chi connectivity index (χ4n) is 3.09. The van der Waals surface area contributed by atoms with Crippen LogP contribution in [0.2, 0.25) is 5.02 Å². The van der Waals surface area contributed by atoms with Gasteiger partial charge in [0.1, 0.15) is 5.82 Å². The van der Waals surface area contributed by atoms with Gasteiger partial charge in [0.15, 0.2) is 0 Å². The van der Waals surface area contributed by atoms with E-state index < -0.39 is 5.82 Å². The number of carbonyl (C=O) groups excluding carboxylic acids is 1. The van der Waals surface area contributed by atoms with Crippen LogP contribution < -0.4 is 10.2 Å². The number of methoxy groups -OCH3 is 1. The van der Waals surface area contributed by atoms with Gasteiger partial charge in [0.2, 0.25) is 5.91 Å². The van der Waals surface area contributed by atoms with Gasteiger partial charge in [0.05, 0.1) is 11.1 Å². The molecule has 0 unspecified atom stereocenters. The molecule has 26 heavy (non-hydrogen) atoms. The number of hydrogen-bond donors (Lipinski definition) is 1. The van der Waals surface area contributed by atoms with Gasteiger partial charge in [0.25, 0.3) is 0 Å². The molecule has 1 heterocycles. The standard InChI is InChI=1S/C20H22ClFN2O2/c1-26-17-10-11-24(13-17)16-6-4-15(5-7-16)23-20(25)9-3-14-2-8-18(21)19(22)12-14/h2,4-8,12,17H,3,9-11,13H2,1H3,(H,23,25)/t17-/m0/s1. The van der Waals surface area contributed by atoms with Crippen LogP contribution in [0.5, 0.6) is 0 Å². The summed E-state index contributed by atoms with van der Waals surface area (Å²) >= 11 is 5.66. The Morgan fingerprint density at radius 1 is 1.31 bits per heavy atom. The monoisotopic (exact) mass is 376 g/mol. The lowest BCUT2D eigenvalue weighted by Crippen LogP contribution is -2.22. The van der Waals surface area contributed by atoms with Crippen molar-refractivity contribution in [3.05, 3.63) is 58.9 Å². The number of carbonyl (C=O) groups is 1. The Morgan fingerprint density at radius 2 is 2.08 bits per heavy atom. The van der Waals surface area contributed by atoms with Gasteiger partial charge in [-0.3, -0.25) is 4.79 Å². The molecule has 3 rings (SSSR count). The third kappa shape index (κ3) is 4.74. The smallest absolute Gasteiger partial charge is 0.224 e. The number of hydrogen-bond acceptors (Lipinski definition) is 3. The molecule has 1 N–H and O–H groups in total. The van der Waals surface area contributed by atoms with E-state index in [-0.39, 0.29) is 23.5 Å². The van der Waals surface area contributed by atoms with Crippen LogP contribution in [0.3, 0.4) is 0 Å². The van der Waals surface area contributed by atoms with E-state index in [2.05, 4.69) is 10.2 Å². The maximum Gasteiger partial charge on any atom is 0.224 e. The highest BCUT2D eigenvalue weighted by molar-refractivity contribution is 6.30. The molecule has 0 aliphatic carbocycles. The van der Waals surface area contributed by atoms with Crippen molar-refractivity contribution >= 4 is 28.9 Å². The van der Waals surface area contributed by atoms with Crippen molar-refractivity contribution in [1.82, 2.24) is 0 Å². The van der Waals surface area contributed by atoms with Gasteiger partial charge >= 0.3 is 0 Å². The zero-order chi connectivity index (χ0) is 18.5. The zero-order valence-electron chi connectivity index (χ0n) is 14.7. The summed E-state index contributed by atoms with van der Waals surface area (Å²) < 4.78 is 18.8. The van der Waals surface area contributed by atoms with Gasteiger partial charge in [-0.1, -0.05) is 17.7 Å². The topological polar surface area (TPSA) is 41.6 Å². The van der Waals surface area contributed by atoms with Crippen LogP contribution in [0.25, 0.3) is 0 Å². The van der Waals surface area contributed by atoms with E-state index in [1.54, 1.807) is 13.2 Å². The molecule has 6 heteroatoms. The highest BCUT2D eigenvalue weighted by Crippen LogP contribution is 2.23. The Kier molecular flexibility index (Phi) is 6.12. The molecule has 0 bridgehead atoms. The molecule has 1 aliphatic rings. The number of aryl methyl sites for hydroxylation is 1. The molecule has 1 fully saturated rings. The summed E-state index contributed by atoms with van der Waals surface area (Å²) in [4.78, 5) is 14.4. The van der Waals surface area contributed by atoms with E-state index in [0.717, 1.165) is 36.4 Å². The highest BCUT2D eigenvalue weighted by atomic mass is 35.5. The predicted molar refractivity (Wildman–Crippen MR) is 102 cm³/mol. The zero-order valence-corrected chi connectivity index (χ0v) is 15.4. The van der Waals surface area contributed by atoms with Crippen LogP contribution in [0.4, 0.5) is 15.8 Å². The minimum absolute atomic E-state index is 0.0908. The molecule has 4 nitrogen and oxygen atoms in total. The van der Waals surface area contributed by atoms with Crippen molar-refractivity contribution in [3.8, 4) is 0 Å². The van der Waals surface area contributed by atoms with E-state index >= 15 is 0 Å². The minimum atomic E-state index is -0.460. The molecule has 0 spiro atoms. The summed E-state index contributed by atoms with van der Waals surface area (Å²) in [6.45, 7) is 1.86. The molecular formula is C20H22ClFN2O2. The van der Waals surface area contributed by atoms with Crippen LogP contribution in [0.1, 0.15) is 18.4 Å². The third-order valence-electron chi connectivity index (χ3n) is 4.62. The second kappa shape index (κ2) is 8.52. The molecule has 0 radical (unpaired) electrons. The molecule has 2 aromatic rings. The van der Waals surface area contributed by atoms with Crippen molar-refractivity contribution in [1.29, 1.82) is 0 Å². The van der Waals surface area contributed by atoms with E-state index in [1.165, 1.54) is 12.1 Å². The van der Waals surface area contributed by atoms with E-state index in [9.17, 15) is 9.18 Å².